The van der Waals surface area contributed by atoms with E-state index in [0.717, 1.165) is 6.07 Å². The molecule has 2 N–H and O–H groups in total. The molecule has 1 aliphatic carbocycles. The molecule has 31 heavy (non-hydrogen) atoms. The number of aromatic nitrogens is 2. The van der Waals surface area contributed by atoms with Gasteiger partial charge in [0.05, 0.1) is 5.25 Å². The summed E-state index contributed by atoms with van der Waals surface area (Å²) >= 11 is 0. The van der Waals surface area contributed by atoms with Gasteiger partial charge in [-0.1, -0.05) is 6.08 Å². The zero-order chi connectivity index (χ0) is 22.1. The van der Waals surface area contributed by atoms with Crippen molar-refractivity contribution in [2.45, 2.75) is 18.1 Å². The van der Waals surface area contributed by atoms with Crippen LogP contribution in [0.25, 0.3) is 16.5 Å². The second kappa shape index (κ2) is 6.58. The number of fused-ring (bicyclic) bond motifs is 1. The average Bonchev–Trinajstić information content (AvgIpc) is 3.37. The van der Waals surface area contributed by atoms with Crippen LogP contribution in [0, 0.1) is 5.82 Å². The molecule has 164 valence electrons. The molecule has 1 saturated heterocycles. The number of anilines is 1. The van der Waals surface area contributed by atoms with Crippen molar-refractivity contribution in [2.75, 3.05) is 23.9 Å². The number of benzene rings is 1. The van der Waals surface area contributed by atoms with Gasteiger partial charge >= 0.3 is 10.2 Å². The lowest BCUT2D eigenvalue weighted by molar-refractivity contribution is -0.117. The van der Waals surface area contributed by atoms with Crippen LogP contribution >= 0.6 is 0 Å². The minimum atomic E-state index is -4.35. The quantitative estimate of drug-likeness (QED) is 0.628. The van der Waals surface area contributed by atoms with E-state index in [-0.39, 0.29) is 35.1 Å². The molecule has 14 heteroatoms. The van der Waals surface area contributed by atoms with Gasteiger partial charge in [0.15, 0.2) is 11.6 Å². The van der Waals surface area contributed by atoms with Gasteiger partial charge in [-0.3, -0.25) is 4.79 Å². The van der Waals surface area contributed by atoms with Gasteiger partial charge < -0.3 is 5.11 Å². The molecule has 2 fully saturated rings. The lowest BCUT2D eigenvalue weighted by Crippen LogP contribution is -2.32. The number of sulfonamides is 1. The third-order valence-corrected chi connectivity index (χ3v) is 9.01. The Labute approximate surface area is 176 Å². The Morgan fingerprint density at radius 2 is 2.00 bits per heavy atom. The molecule has 1 amide bonds. The predicted octanol–water partition coefficient (Wildman–Crippen LogP) is -0.153. The van der Waals surface area contributed by atoms with Gasteiger partial charge in [-0.25, -0.2) is 31.8 Å². The molecule has 0 unspecified atom stereocenters. The van der Waals surface area contributed by atoms with Crippen molar-refractivity contribution in [2.24, 2.45) is 0 Å². The second-order valence-corrected chi connectivity index (χ2v) is 11.3. The smallest absolute Gasteiger partial charge is 0.326 e. The number of nitrogens with one attached hydrogen (secondary N) is 1. The van der Waals surface area contributed by atoms with E-state index in [1.807, 2.05) is 0 Å². The molecule has 2 aromatic rings. The van der Waals surface area contributed by atoms with Crippen LogP contribution in [0.1, 0.15) is 18.7 Å². The maximum Gasteiger partial charge on any atom is 0.326 e. The number of nitrogens with zero attached hydrogens (tertiary/aromatic N) is 4. The maximum absolute atomic E-state index is 15.3. The van der Waals surface area contributed by atoms with Crippen molar-refractivity contribution in [1.82, 2.24) is 19.0 Å². The predicted molar refractivity (Wildman–Crippen MR) is 107 cm³/mol. The van der Waals surface area contributed by atoms with Gasteiger partial charge in [0.25, 0.3) is 5.91 Å². The summed E-state index contributed by atoms with van der Waals surface area (Å²) < 4.78 is 67.8. The summed E-state index contributed by atoms with van der Waals surface area (Å²) in [5, 5.41) is 9.95. The number of carbonyl (C=O) groups excluding carboxylic acids is 1. The van der Waals surface area contributed by atoms with Gasteiger partial charge in [0.1, 0.15) is 23.5 Å². The standard InChI is InChI=1S/C17H16FN5O6S2/c18-14-15-10(5-12(24)16(14)23-8-13(25)21-31(23,28)29)6-19-17(20-15)9-3-4-22(7-9)30(26,27)11-1-2-11/h3,5-6,11,24H,1-2,4,7-8H2,(H,21,25). The highest BCUT2D eigenvalue weighted by atomic mass is 32.2. The number of hydrogen-bond donors (Lipinski definition) is 2. The van der Waals surface area contributed by atoms with Crippen molar-refractivity contribution >= 4 is 48.3 Å². The number of rotatable bonds is 4. The fourth-order valence-corrected chi connectivity index (χ4v) is 6.53. The lowest BCUT2D eigenvalue weighted by Gasteiger charge is -2.18. The van der Waals surface area contributed by atoms with Gasteiger partial charge in [-0.05, 0) is 18.9 Å². The Morgan fingerprint density at radius 1 is 1.26 bits per heavy atom. The van der Waals surface area contributed by atoms with Crippen molar-refractivity contribution in [1.29, 1.82) is 0 Å². The van der Waals surface area contributed by atoms with Gasteiger partial charge in [-0.2, -0.15) is 12.7 Å². The third kappa shape index (κ3) is 3.21. The first kappa shape index (κ1) is 20.1. The summed E-state index contributed by atoms with van der Waals surface area (Å²) in [6.07, 6.45) is 4.17. The Balaban J connectivity index is 1.54. The SMILES string of the molecule is O=C1CN(c2c(O)cc3cnc(C4=CCN(S(=O)(=O)C5CC5)C4)nc3c2F)S(=O)(=O)N1. The minimum Gasteiger partial charge on any atom is -0.506 e. The first-order valence-corrected chi connectivity index (χ1v) is 12.2. The molecular formula is C17H16FN5O6S2. The first-order valence-electron chi connectivity index (χ1n) is 9.28. The summed E-state index contributed by atoms with van der Waals surface area (Å²) in [6.45, 7) is -0.468. The average molecular weight is 469 g/mol. The molecule has 1 aromatic heterocycles. The Bertz CT molecular complexity index is 1390. The molecular weight excluding hydrogens is 453 g/mol. The third-order valence-electron chi connectivity index (χ3n) is 5.32. The van der Waals surface area contributed by atoms with E-state index in [2.05, 4.69) is 9.97 Å². The van der Waals surface area contributed by atoms with Crippen LogP contribution in [0.15, 0.2) is 18.3 Å². The topological polar surface area (TPSA) is 150 Å². The van der Waals surface area contributed by atoms with Crippen LogP contribution in [0.3, 0.4) is 0 Å². The first-order chi connectivity index (χ1) is 14.6. The second-order valence-electron chi connectivity index (χ2n) is 7.49. The number of carbonyl (C=O) groups is 1. The van der Waals surface area contributed by atoms with Crippen LogP contribution in [-0.2, 0) is 25.0 Å². The van der Waals surface area contributed by atoms with E-state index in [1.54, 1.807) is 10.8 Å². The molecule has 0 spiro atoms. The van der Waals surface area contributed by atoms with Crippen molar-refractivity contribution in [3.05, 3.63) is 30.0 Å². The van der Waals surface area contributed by atoms with Crippen LogP contribution in [-0.4, -0.2) is 67.0 Å². The van der Waals surface area contributed by atoms with Crippen molar-refractivity contribution in [3.8, 4) is 5.75 Å². The summed E-state index contributed by atoms with van der Waals surface area (Å²) in [5.74, 6) is -2.60. The molecule has 11 nitrogen and oxygen atoms in total. The van der Waals surface area contributed by atoms with E-state index in [0.29, 0.717) is 22.7 Å². The van der Waals surface area contributed by atoms with Gasteiger partial charge in [0, 0.05) is 30.2 Å². The van der Waals surface area contributed by atoms with Crippen molar-refractivity contribution in [3.63, 3.8) is 0 Å². The van der Waals surface area contributed by atoms with E-state index in [4.69, 9.17) is 0 Å². The molecule has 0 bridgehead atoms. The highest BCUT2D eigenvalue weighted by Gasteiger charge is 2.42. The molecule has 0 radical (unpaired) electrons. The summed E-state index contributed by atoms with van der Waals surface area (Å²) in [7, 11) is -7.74. The lowest BCUT2D eigenvalue weighted by atomic mass is 10.1. The molecule has 5 rings (SSSR count). The molecule has 0 atom stereocenters. The van der Waals surface area contributed by atoms with Crippen LogP contribution in [0.4, 0.5) is 10.1 Å². The molecule has 1 aromatic carbocycles. The zero-order valence-corrected chi connectivity index (χ0v) is 17.4. The minimum absolute atomic E-state index is 0.0514. The Hall–Kier alpha value is -2.84. The molecule has 1 saturated carbocycles. The van der Waals surface area contributed by atoms with E-state index in [9.17, 15) is 26.7 Å². The largest absolute Gasteiger partial charge is 0.506 e. The van der Waals surface area contributed by atoms with E-state index in [1.165, 1.54) is 10.5 Å². The van der Waals surface area contributed by atoms with Gasteiger partial charge in [-0.15, -0.1) is 0 Å². The number of phenols is 1. The zero-order valence-electron chi connectivity index (χ0n) is 15.8. The number of hydrogen-bond acceptors (Lipinski definition) is 8. The van der Waals surface area contributed by atoms with Crippen LogP contribution < -0.4 is 9.03 Å². The van der Waals surface area contributed by atoms with Crippen molar-refractivity contribution < 1.29 is 31.1 Å². The fraction of sp³-hybridized carbons (Fsp3) is 0.353. The van der Waals surface area contributed by atoms with Gasteiger partial charge in [0.2, 0.25) is 10.0 Å². The number of amides is 1. The molecule has 2 aliphatic heterocycles. The molecule has 3 aliphatic rings. The van der Waals surface area contributed by atoms with Crippen LogP contribution in [0.2, 0.25) is 0 Å². The molecule has 3 heterocycles. The van der Waals surface area contributed by atoms with Crippen LogP contribution in [0.5, 0.6) is 5.75 Å². The van der Waals surface area contributed by atoms with E-state index >= 15 is 4.39 Å². The Kier molecular flexibility index (Phi) is 4.26. The number of halogens is 1. The normalized spacial score (nSPS) is 21.5. The monoisotopic (exact) mass is 469 g/mol. The highest BCUT2D eigenvalue weighted by Crippen LogP contribution is 2.38. The summed E-state index contributed by atoms with van der Waals surface area (Å²) in [5.41, 5.74) is -0.476. The maximum atomic E-state index is 15.3. The highest BCUT2D eigenvalue weighted by molar-refractivity contribution is 7.92. The number of aromatic hydroxyl groups is 1. The summed E-state index contributed by atoms with van der Waals surface area (Å²) in [4.78, 5) is 19.8. The number of phenolic OH excluding ortho intramolecular Hbond substituents is 1. The summed E-state index contributed by atoms with van der Waals surface area (Å²) in [6, 6.07) is 1.10. The fourth-order valence-electron chi connectivity index (χ4n) is 3.61. The Morgan fingerprint density at radius 3 is 2.65 bits per heavy atom. The van der Waals surface area contributed by atoms with E-state index < -0.39 is 49.9 Å².